The van der Waals surface area contributed by atoms with Crippen LogP contribution in [0.1, 0.15) is 29.2 Å². The SMILES string of the molecule is O=NN(Cc1ccccc1)[C@@H]1CCc2ccccc21. The van der Waals surface area contributed by atoms with E-state index in [1.165, 1.54) is 11.1 Å². The van der Waals surface area contributed by atoms with Crippen molar-refractivity contribution in [3.05, 3.63) is 76.2 Å². The molecule has 96 valence electrons. The monoisotopic (exact) mass is 252 g/mol. The average Bonchev–Trinajstić information content (AvgIpc) is 2.90. The predicted octanol–water partition coefficient (Wildman–Crippen LogP) is 3.86. The Morgan fingerprint density at radius 3 is 2.58 bits per heavy atom. The number of rotatable bonds is 4. The lowest BCUT2D eigenvalue weighted by Crippen LogP contribution is -2.21. The maximum Gasteiger partial charge on any atom is 0.0761 e. The third-order valence-corrected chi connectivity index (χ3v) is 3.75. The molecule has 0 spiro atoms. The van der Waals surface area contributed by atoms with E-state index in [1.54, 1.807) is 5.01 Å². The summed E-state index contributed by atoms with van der Waals surface area (Å²) in [5.41, 5.74) is 3.71. The van der Waals surface area contributed by atoms with Crippen LogP contribution in [0.25, 0.3) is 0 Å². The highest BCUT2D eigenvalue weighted by Crippen LogP contribution is 2.36. The number of hydrogen-bond donors (Lipinski definition) is 0. The molecule has 0 saturated heterocycles. The number of fused-ring (bicyclic) bond motifs is 1. The van der Waals surface area contributed by atoms with Gasteiger partial charge in [-0.1, -0.05) is 54.6 Å². The van der Waals surface area contributed by atoms with Crippen LogP contribution in [0.3, 0.4) is 0 Å². The van der Waals surface area contributed by atoms with Crippen LogP contribution in [-0.4, -0.2) is 5.01 Å². The molecular formula is C16H16N2O. The lowest BCUT2D eigenvalue weighted by atomic mass is 10.1. The highest BCUT2D eigenvalue weighted by molar-refractivity contribution is 5.34. The van der Waals surface area contributed by atoms with E-state index in [0.717, 1.165) is 18.4 Å². The van der Waals surface area contributed by atoms with Crippen molar-refractivity contribution in [3.63, 3.8) is 0 Å². The van der Waals surface area contributed by atoms with Crippen molar-refractivity contribution in [1.82, 2.24) is 5.01 Å². The van der Waals surface area contributed by atoms with Crippen molar-refractivity contribution in [2.45, 2.75) is 25.4 Å². The van der Waals surface area contributed by atoms with Crippen molar-refractivity contribution in [1.29, 1.82) is 0 Å². The van der Waals surface area contributed by atoms with Crippen molar-refractivity contribution in [3.8, 4) is 0 Å². The summed E-state index contributed by atoms with van der Waals surface area (Å²) in [5.74, 6) is 0. The molecule has 1 atom stereocenters. The second-order valence-corrected chi connectivity index (χ2v) is 4.92. The van der Waals surface area contributed by atoms with Gasteiger partial charge in [0, 0.05) is 0 Å². The van der Waals surface area contributed by atoms with E-state index in [4.69, 9.17) is 0 Å². The summed E-state index contributed by atoms with van der Waals surface area (Å²) in [5, 5.41) is 4.92. The fourth-order valence-electron chi connectivity index (χ4n) is 2.81. The van der Waals surface area contributed by atoms with Crippen molar-refractivity contribution >= 4 is 0 Å². The van der Waals surface area contributed by atoms with Crippen LogP contribution in [0.4, 0.5) is 0 Å². The molecule has 0 fully saturated rings. The van der Waals surface area contributed by atoms with Gasteiger partial charge in [-0.2, -0.15) is 0 Å². The molecule has 3 rings (SSSR count). The number of aryl methyl sites for hydroxylation is 1. The van der Waals surface area contributed by atoms with Crippen molar-refractivity contribution in [2.75, 3.05) is 0 Å². The van der Waals surface area contributed by atoms with Crippen LogP contribution in [0, 0.1) is 4.91 Å². The van der Waals surface area contributed by atoms with E-state index in [0.29, 0.717) is 6.54 Å². The highest BCUT2D eigenvalue weighted by Gasteiger charge is 2.27. The van der Waals surface area contributed by atoms with Crippen molar-refractivity contribution < 1.29 is 0 Å². The van der Waals surface area contributed by atoms with E-state index < -0.39 is 0 Å². The molecule has 0 radical (unpaired) electrons. The largest absolute Gasteiger partial charge is 0.249 e. The van der Waals surface area contributed by atoms with Gasteiger partial charge in [-0.15, -0.1) is 4.91 Å². The third kappa shape index (κ3) is 2.36. The van der Waals surface area contributed by atoms with Gasteiger partial charge in [-0.3, -0.25) is 0 Å². The Hall–Kier alpha value is -2.16. The first-order valence-electron chi connectivity index (χ1n) is 6.60. The lowest BCUT2D eigenvalue weighted by molar-refractivity contribution is 0.193. The normalized spacial score (nSPS) is 16.9. The number of nitrogens with zero attached hydrogens (tertiary/aromatic N) is 2. The summed E-state index contributed by atoms with van der Waals surface area (Å²) in [4.78, 5) is 11.2. The second kappa shape index (κ2) is 5.22. The molecule has 1 aliphatic carbocycles. The fourth-order valence-corrected chi connectivity index (χ4v) is 2.81. The van der Waals surface area contributed by atoms with Crippen LogP contribution in [0.2, 0.25) is 0 Å². The maximum atomic E-state index is 11.2. The van der Waals surface area contributed by atoms with Gasteiger partial charge in [0.05, 0.1) is 17.9 Å². The van der Waals surface area contributed by atoms with Gasteiger partial charge < -0.3 is 0 Å². The Morgan fingerprint density at radius 2 is 1.79 bits per heavy atom. The van der Waals surface area contributed by atoms with Gasteiger partial charge in [0.1, 0.15) is 0 Å². The van der Waals surface area contributed by atoms with Gasteiger partial charge in [0.25, 0.3) is 0 Å². The Bertz CT molecular complexity index is 568. The Balaban J connectivity index is 1.83. The third-order valence-electron chi connectivity index (χ3n) is 3.75. The zero-order valence-electron chi connectivity index (χ0n) is 10.7. The summed E-state index contributed by atoms with van der Waals surface area (Å²) < 4.78 is 0. The van der Waals surface area contributed by atoms with Crippen LogP contribution in [-0.2, 0) is 13.0 Å². The molecule has 3 heteroatoms. The van der Waals surface area contributed by atoms with Crippen molar-refractivity contribution in [2.24, 2.45) is 5.29 Å². The molecule has 0 unspecified atom stereocenters. The van der Waals surface area contributed by atoms with E-state index in [9.17, 15) is 4.91 Å². The molecule has 2 aromatic carbocycles. The maximum absolute atomic E-state index is 11.2. The Kier molecular flexibility index (Phi) is 3.27. The molecule has 19 heavy (non-hydrogen) atoms. The summed E-state index contributed by atoms with van der Waals surface area (Å²) in [7, 11) is 0. The molecule has 2 aromatic rings. The van der Waals surface area contributed by atoms with E-state index in [2.05, 4.69) is 23.5 Å². The first kappa shape index (κ1) is 11.9. The number of nitroso groups, excluding NO2 is 1. The van der Waals surface area contributed by atoms with Crippen LogP contribution < -0.4 is 0 Å². The minimum Gasteiger partial charge on any atom is -0.249 e. The lowest BCUT2D eigenvalue weighted by Gasteiger charge is -2.23. The van der Waals surface area contributed by atoms with Crippen LogP contribution in [0.5, 0.6) is 0 Å². The van der Waals surface area contributed by atoms with Crippen LogP contribution in [0.15, 0.2) is 59.9 Å². The molecule has 0 saturated carbocycles. The first-order chi connectivity index (χ1) is 9.38. The molecule has 0 aliphatic heterocycles. The molecule has 0 aromatic heterocycles. The molecule has 0 bridgehead atoms. The Labute approximate surface area is 112 Å². The molecule has 3 nitrogen and oxygen atoms in total. The summed E-state index contributed by atoms with van der Waals surface area (Å²) in [6.07, 6.45) is 2.00. The summed E-state index contributed by atoms with van der Waals surface area (Å²) in [6.45, 7) is 0.573. The second-order valence-electron chi connectivity index (χ2n) is 4.92. The predicted molar refractivity (Wildman–Crippen MR) is 75.3 cm³/mol. The van der Waals surface area contributed by atoms with E-state index >= 15 is 0 Å². The highest BCUT2D eigenvalue weighted by atomic mass is 16.3. The minimum absolute atomic E-state index is 0.119. The number of benzene rings is 2. The standard InChI is InChI=1S/C16H16N2O/c19-17-18(12-13-6-2-1-3-7-13)16-11-10-14-8-4-5-9-15(14)16/h1-9,16H,10-12H2/t16-/m1/s1. The van der Waals surface area contributed by atoms with Gasteiger partial charge in [-0.25, -0.2) is 5.01 Å². The van der Waals surface area contributed by atoms with E-state index in [-0.39, 0.29) is 6.04 Å². The average molecular weight is 252 g/mol. The minimum atomic E-state index is 0.119. The topological polar surface area (TPSA) is 32.7 Å². The zero-order valence-corrected chi connectivity index (χ0v) is 10.7. The van der Waals surface area contributed by atoms with Gasteiger partial charge >= 0.3 is 0 Å². The quantitative estimate of drug-likeness (QED) is 0.611. The molecule has 0 amide bonds. The van der Waals surface area contributed by atoms with Gasteiger partial charge in [0.2, 0.25) is 0 Å². The number of hydrogen-bond acceptors (Lipinski definition) is 2. The van der Waals surface area contributed by atoms with Gasteiger partial charge in [-0.05, 0) is 29.5 Å². The smallest absolute Gasteiger partial charge is 0.0761 e. The fraction of sp³-hybridized carbons (Fsp3) is 0.250. The van der Waals surface area contributed by atoms with E-state index in [1.807, 2.05) is 36.4 Å². The molecule has 1 aliphatic rings. The molecular weight excluding hydrogens is 236 g/mol. The molecule has 0 N–H and O–H groups in total. The summed E-state index contributed by atoms with van der Waals surface area (Å²) >= 11 is 0. The summed E-state index contributed by atoms with van der Waals surface area (Å²) in [6, 6.07) is 18.5. The zero-order chi connectivity index (χ0) is 13.1. The first-order valence-corrected chi connectivity index (χ1v) is 6.60. The Morgan fingerprint density at radius 1 is 1.05 bits per heavy atom. The van der Waals surface area contributed by atoms with Crippen LogP contribution >= 0.6 is 0 Å². The molecule has 0 heterocycles. The van der Waals surface area contributed by atoms with Gasteiger partial charge in [0.15, 0.2) is 0 Å².